The Morgan fingerprint density at radius 3 is 2.63 bits per heavy atom. The summed E-state index contributed by atoms with van der Waals surface area (Å²) in [5.41, 5.74) is 2.30. The van der Waals surface area contributed by atoms with E-state index in [2.05, 4.69) is 10.3 Å². The van der Waals surface area contributed by atoms with Gasteiger partial charge >= 0.3 is 0 Å². The molecule has 0 atom stereocenters. The first-order valence-electron chi connectivity index (χ1n) is 5.23. The van der Waals surface area contributed by atoms with Gasteiger partial charge in [-0.1, -0.05) is 12.1 Å². The fourth-order valence-corrected chi connectivity index (χ4v) is 2.91. The number of amides is 1. The predicted molar refractivity (Wildman–Crippen MR) is 72.6 cm³/mol. The lowest BCUT2D eigenvalue weighted by atomic mass is 10.3. The van der Waals surface area contributed by atoms with Crippen LogP contribution in [0.5, 0.6) is 0 Å². The van der Waals surface area contributed by atoms with Crippen LogP contribution >= 0.6 is 11.3 Å². The molecule has 100 valence electrons. The highest BCUT2D eigenvalue weighted by Crippen LogP contribution is 2.21. The number of aromatic nitrogens is 1. The first kappa shape index (κ1) is 13.7. The number of nitrogens with zero attached hydrogens (tertiary/aromatic N) is 1. The maximum atomic E-state index is 12.0. The lowest BCUT2D eigenvalue weighted by Crippen LogP contribution is -2.18. The third-order valence-corrected chi connectivity index (χ3v) is 4.29. The van der Waals surface area contributed by atoms with E-state index in [0.29, 0.717) is 10.6 Å². The molecular formula is C11H11N3O3S2. The Morgan fingerprint density at radius 2 is 2.05 bits per heavy atom. The van der Waals surface area contributed by atoms with Crippen LogP contribution in [0.15, 0.2) is 34.7 Å². The largest absolute Gasteiger partial charge is 0.320 e. The molecular weight excluding hydrogens is 286 g/mol. The fraction of sp³-hybridized carbons (Fsp3) is 0.0909. The van der Waals surface area contributed by atoms with Crippen molar-refractivity contribution in [2.24, 2.45) is 5.14 Å². The number of aryl methyl sites for hydroxylation is 1. The van der Waals surface area contributed by atoms with Crippen LogP contribution in [0.4, 0.5) is 5.69 Å². The first-order valence-corrected chi connectivity index (χ1v) is 7.65. The summed E-state index contributed by atoms with van der Waals surface area (Å²) in [6.07, 6.45) is 0. The third-order valence-electron chi connectivity index (χ3n) is 2.39. The number of para-hydroxylation sites is 1. The molecule has 0 fully saturated rings. The van der Waals surface area contributed by atoms with Gasteiger partial charge < -0.3 is 5.32 Å². The maximum Gasteiger partial charge on any atom is 0.267 e. The Morgan fingerprint density at radius 1 is 1.37 bits per heavy atom. The van der Waals surface area contributed by atoms with E-state index in [9.17, 15) is 13.2 Å². The summed E-state index contributed by atoms with van der Waals surface area (Å²) in [5, 5.41) is 7.63. The lowest BCUT2D eigenvalue weighted by Gasteiger charge is -2.08. The van der Waals surface area contributed by atoms with Gasteiger partial charge in [-0.15, -0.1) is 11.3 Å². The number of benzene rings is 1. The number of primary sulfonamides is 1. The standard InChI is InChI=1S/C11H11N3O3S2/c1-7-10(18-6-13-7)11(15)14-8-4-2-3-5-9(8)19(12,16)17/h2-6H,1H3,(H,14,15)(H2,12,16,17). The van der Waals surface area contributed by atoms with Crippen LogP contribution in [0, 0.1) is 6.92 Å². The number of rotatable bonds is 3. The minimum Gasteiger partial charge on any atom is -0.320 e. The molecule has 0 saturated carbocycles. The maximum absolute atomic E-state index is 12.0. The monoisotopic (exact) mass is 297 g/mol. The molecule has 0 aliphatic rings. The number of sulfonamides is 1. The van der Waals surface area contributed by atoms with Crippen LogP contribution in [0.1, 0.15) is 15.4 Å². The summed E-state index contributed by atoms with van der Waals surface area (Å²) in [5.74, 6) is -0.406. The zero-order chi connectivity index (χ0) is 14.0. The average molecular weight is 297 g/mol. The smallest absolute Gasteiger partial charge is 0.267 e. The second-order valence-corrected chi connectivity index (χ2v) is 6.15. The predicted octanol–water partition coefficient (Wildman–Crippen LogP) is 1.35. The fourth-order valence-electron chi connectivity index (χ4n) is 1.52. The normalized spacial score (nSPS) is 11.3. The molecule has 2 rings (SSSR count). The number of nitrogens with one attached hydrogen (secondary N) is 1. The van der Waals surface area contributed by atoms with Gasteiger partial charge in [0.1, 0.15) is 9.77 Å². The minimum absolute atomic E-state index is 0.120. The highest BCUT2D eigenvalue weighted by molar-refractivity contribution is 7.89. The molecule has 3 N–H and O–H groups in total. The molecule has 0 aliphatic heterocycles. The van der Waals surface area contributed by atoms with Crippen molar-refractivity contribution in [3.63, 3.8) is 0 Å². The molecule has 2 aromatic rings. The zero-order valence-electron chi connectivity index (χ0n) is 9.95. The van der Waals surface area contributed by atoms with Crippen LogP contribution in [0.25, 0.3) is 0 Å². The number of hydrogen-bond acceptors (Lipinski definition) is 5. The van der Waals surface area contributed by atoms with E-state index in [0.717, 1.165) is 0 Å². The lowest BCUT2D eigenvalue weighted by molar-refractivity contribution is 0.102. The molecule has 0 spiro atoms. The van der Waals surface area contributed by atoms with Crippen LogP contribution < -0.4 is 10.5 Å². The van der Waals surface area contributed by atoms with Gasteiger partial charge in [-0.25, -0.2) is 18.5 Å². The van der Waals surface area contributed by atoms with Gasteiger partial charge in [0.15, 0.2) is 0 Å². The van der Waals surface area contributed by atoms with E-state index in [1.54, 1.807) is 18.5 Å². The highest BCUT2D eigenvalue weighted by Gasteiger charge is 2.17. The quantitative estimate of drug-likeness (QED) is 0.892. The summed E-state index contributed by atoms with van der Waals surface area (Å²) in [7, 11) is -3.88. The van der Waals surface area contributed by atoms with Crippen LogP contribution in [0.2, 0.25) is 0 Å². The van der Waals surface area contributed by atoms with E-state index in [1.165, 1.54) is 29.5 Å². The summed E-state index contributed by atoms with van der Waals surface area (Å²) in [4.78, 5) is 16.3. The van der Waals surface area contributed by atoms with Crippen molar-refractivity contribution < 1.29 is 13.2 Å². The number of hydrogen-bond donors (Lipinski definition) is 2. The van der Waals surface area contributed by atoms with Gasteiger partial charge in [0.25, 0.3) is 5.91 Å². The molecule has 0 saturated heterocycles. The van der Waals surface area contributed by atoms with Gasteiger partial charge in [0.05, 0.1) is 16.9 Å². The van der Waals surface area contributed by atoms with E-state index < -0.39 is 15.9 Å². The number of anilines is 1. The Kier molecular flexibility index (Phi) is 3.65. The molecule has 0 radical (unpaired) electrons. The number of carbonyl (C=O) groups is 1. The van der Waals surface area contributed by atoms with Gasteiger partial charge in [0.2, 0.25) is 10.0 Å². The van der Waals surface area contributed by atoms with Crippen molar-refractivity contribution >= 4 is 33.0 Å². The zero-order valence-corrected chi connectivity index (χ0v) is 11.6. The van der Waals surface area contributed by atoms with Crippen molar-refractivity contribution in [3.05, 3.63) is 40.3 Å². The van der Waals surface area contributed by atoms with Crippen molar-refractivity contribution in [1.82, 2.24) is 4.98 Å². The number of nitrogens with two attached hydrogens (primary N) is 1. The second-order valence-electron chi connectivity index (χ2n) is 3.76. The molecule has 6 nitrogen and oxygen atoms in total. The van der Waals surface area contributed by atoms with E-state index in [4.69, 9.17) is 5.14 Å². The summed E-state index contributed by atoms with van der Waals surface area (Å²) >= 11 is 1.19. The van der Waals surface area contributed by atoms with Crippen molar-refractivity contribution in [3.8, 4) is 0 Å². The molecule has 1 amide bonds. The van der Waals surface area contributed by atoms with E-state index in [-0.39, 0.29) is 10.6 Å². The molecule has 0 unspecified atom stereocenters. The second kappa shape index (κ2) is 5.08. The molecule has 0 aliphatic carbocycles. The number of thiazole rings is 1. The van der Waals surface area contributed by atoms with Gasteiger partial charge in [-0.05, 0) is 19.1 Å². The SMILES string of the molecule is Cc1ncsc1C(=O)Nc1ccccc1S(N)(=O)=O. The highest BCUT2D eigenvalue weighted by atomic mass is 32.2. The summed E-state index contributed by atoms with van der Waals surface area (Å²) in [6, 6.07) is 5.97. The molecule has 1 aromatic carbocycles. The van der Waals surface area contributed by atoms with Crippen LogP contribution in [0.3, 0.4) is 0 Å². The van der Waals surface area contributed by atoms with Crippen molar-refractivity contribution in [1.29, 1.82) is 0 Å². The number of carbonyl (C=O) groups excluding carboxylic acids is 1. The van der Waals surface area contributed by atoms with E-state index in [1.807, 2.05) is 0 Å². The Bertz CT molecular complexity index is 722. The van der Waals surface area contributed by atoms with Crippen LogP contribution in [-0.4, -0.2) is 19.3 Å². The topological polar surface area (TPSA) is 102 Å². The van der Waals surface area contributed by atoms with E-state index >= 15 is 0 Å². The molecule has 1 heterocycles. The van der Waals surface area contributed by atoms with Crippen LogP contribution in [-0.2, 0) is 10.0 Å². The first-order chi connectivity index (χ1) is 8.89. The Labute approximate surface area is 114 Å². The summed E-state index contributed by atoms with van der Waals surface area (Å²) < 4.78 is 22.8. The van der Waals surface area contributed by atoms with Gasteiger partial charge in [0, 0.05) is 0 Å². The van der Waals surface area contributed by atoms with Crippen molar-refractivity contribution in [2.75, 3.05) is 5.32 Å². The molecule has 19 heavy (non-hydrogen) atoms. The summed E-state index contributed by atoms with van der Waals surface area (Å²) in [6.45, 7) is 1.71. The third kappa shape index (κ3) is 2.98. The Hall–Kier alpha value is -1.77. The molecule has 8 heteroatoms. The average Bonchev–Trinajstić information content (AvgIpc) is 2.75. The minimum atomic E-state index is -3.88. The molecule has 1 aromatic heterocycles. The van der Waals surface area contributed by atoms with Gasteiger partial charge in [-0.3, -0.25) is 4.79 Å². The molecule has 0 bridgehead atoms. The van der Waals surface area contributed by atoms with Gasteiger partial charge in [-0.2, -0.15) is 0 Å². The van der Waals surface area contributed by atoms with Crippen molar-refractivity contribution in [2.45, 2.75) is 11.8 Å². The Balaban J connectivity index is 2.35.